The number of aliphatic hydroxyl groups is 1. The molecule has 0 radical (unpaired) electrons. The Morgan fingerprint density at radius 2 is 2.05 bits per heavy atom. The molecular weight excluding hydrogens is 278 g/mol. The van der Waals surface area contributed by atoms with Gasteiger partial charge in [-0.05, 0) is 12.5 Å². The molecule has 1 heterocycles. The van der Waals surface area contributed by atoms with Gasteiger partial charge in [-0.15, -0.1) is 0 Å². The molecule has 0 saturated carbocycles. The fraction of sp³-hybridized carbons (Fsp3) is 0.214. The third kappa shape index (κ3) is 3.76. The fourth-order valence-electron chi connectivity index (χ4n) is 1.73. The number of hydrogen-bond acceptors (Lipinski definition) is 4. The van der Waals surface area contributed by atoms with Crippen LogP contribution in [0.5, 0.6) is 0 Å². The topological polar surface area (TPSA) is 75.1 Å². The molecule has 0 aliphatic rings. The maximum absolute atomic E-state index is 12.1. The molecule has 0 aliphatic carbocycles. The second kappa shape index (κ2) is 5.98. The summed E-state index contributed by atoms with van der Waals surface area (Å²) < 4.78 is 0. The number of nitrogens with zero attached hydrogens (tertiary/aromatic N) is 2. The molecule has 5 nitrogen and oxygen atoms in total. The number of halogens is 1. The van der Waals surface area contributed by atoms with Gasteiger partial charge in [-0.25, -0.2) is 9.97 Å². The minimum absolute atomic E-state index is 0.207. The van der Waals surface area contributed by atoms with E-state index in [1.165, 1.54) is 19.3 Å². The van der Waals surface area contributed by atoms with Gasteiger partial charge in [0.1, 0.15) is 22.9 Å². The number of benzene rings is 1. The van der Waals surface area contributed by atoms with E-state index in [1.54, 1.807) is 0 Å². The highest BCUT2D eigenvalue weighted by atomic mass is 35.5. The highest BCUT2D eigenvalue weighted by Crippen LogP contribution is 2.16. The highest BCUT2D eigenvalue weighted by molar-refractivity contribution is 6.29. The van der Waals surface area contributed by atoms with E-state index < -0.39 is 11.5 Å². The molecule has 104 valence electrons. The number of rotatable bonds is 4. The summed E-state index contributed by atoms with van der Waals surface area (Å²) in [7, 11) is 0. The molecule has 0 spiro atoms. The van der Waals surface area contributed by atoms with Gasteiger partial charge in [-0.1, -0.05) is 41.9 Å². The van der Waals surface area contributed by atoms with Crippen LogP contribution in [-0.2, 0) is 11.2 Å². The van der Waals surface area contributed by atoms with Crippen molar-refractivity contribution in [1.82, 2.24) is 9.97 Å². The summed E-state index contributed by atoms with van der Waals surface area (Å²) in [5.74, 6) is -0.292. The summed E-state index contributed by atoms with van der Waals surface area (Å²) in [5.41, 5.74) is -0.674. The number of carbonyl (C=O) groups excluding carboxylic acids is 1. The van der Waals surface area contributed by atoms with Gasteiger partial charge in [-0.3, -0.25) is 4.79 Å². The fourth-order valence-corrected chi connectivity index (χ4v) is 1.87. The van der Waals surface area contributed by atoms with Crippen LogP contribution in [0.25, 0.3) is 0 Å². The smallest absolute Gasteiger partial charge is 0.257 e. The lowest BCUT2D eigenvalue weighted by atomic mass is 9.96. The van der Waals surface area contributed by atoms with Crippen LogP contribution in [0.15, 0.2) is 42.7 Å². The number of amides is 1. The van der Waals surface area contributed by atoms with Gasteiger partial charge < -0.3 is 10.4 Å². The second-order valence-corrected chi connectivity index (χ2v) is 5.00. The molecule has 0 fully saturated rings. The first-order chi connectivity index (χ1) is 9.47. The summed E-state index contributed by atoms with van der Waals surface area (Å²) >= 11 is 5.71. The molecule has 20 heavy (non-hydrogen) atoms. The standard InChI is InChI=1S/C14H14ClN3O2/c1-14(20,8-10-5-3-2-4-6-10)13(19)18-12-7-11(15)16-9-17-12/h2-7,9,20H,8H2,1H3,(H,16,17,18,19). The average molecular weight is 292 g/mol. The Morgan fingerprint density at radius 3 is 2.70 bits per heavy atom. The SMILES string of the molecule is CC(O)(Cc1ccccc1)C(=O)Nc1cc(Cl)ncn1. The molecule has 1 unspecified atom stereocenters. The zero-order chi connectivity index (χ0) is 14.6. The third-order valence-electron chi connectivity index (χ3n) is 2.76. The zero-order valence-corrected chi connectivity index (χ0v) is 11.6. The minimum atomic E-state index is -1.54. The highest BCUT2D eigenvalue weighted by Gasteiger charge is 2.30. The predicted octanol–water partition coefficient (Wildman–Crippen LogP) is 2.06. The monoisotopic (exact) mass is 291 g/mol. The largest absolute Gasteiger partial charge is 0.380 e. The van der Waals surface area contributed by atoms with Crippen molar-refractivity contribution in [2.24, 2.45) is 0 Å². The molecule has 1 atom stereocenters. The average Bonchev–Trinajstić information content (AvgIpc) is 2.39. The minimum Gasteiger partial charge on any atom is -0.380 e. The van der Waals surface area contributed by atoms with E-state index in [2.05, 4.69) is 15.3 Å². The molecule has 0 bridgehead atoms. The number of hydrogen-bond donors (Lipinski definition) is 2. The number of anilines is 1. The molecule has 0 aliphatic heterocycles. The van der Waals surface area contributed by atoms with Crippen molar-refractivity contribution < 1.29 is 9.90 Å². The maximum Gasteiger partial charge on any atom is 0.257 e. The van der Waals surface area contributed by atoms with Crippen molar-refractivity contribution >= 4 is 23.3 Å². The van der Waals surface area contributed by atoms with E-state index in [0.29, 0.717) is 0 Å². The number of aromatic nitrogens is 2. The van der Waals surface area contributed by atoms with Crippen LogP contribution < -0.4 is 5.32 Å². The van der Waals surface area contributed by atoms with Crippen LogP contribution in [0.4, 0.5) is 5.82 Å². The molecule has 2 aromatic rings. The lowest BCUT2D eigenvalue weighted by molar-refractivity contribution is -0.132. The zero-order valence-electron chi connectivity index (χ0n) is 10.9. The molecule has 1 aromatic carbocycles. The van der Waals surface area contributed by atoms with Crippen molar-refractivity contribution in [3.63, 3.8) is 0 Å². The van der Waals surface area contributed by atoms with Gasteiger partial charge in [0.25, 0.3) is 5.91 Å². The predicted molar refractivity (Wildman–Crippen MR) is 76.4 cm³/mol. The second-order valence-electron chi connectivity index (χ2n) is 4.62. The van der Waals surface area contributed by atoms with Gasteiger partial charge in [0.2, 0.25) is 0 Å². The molecule has 2 N–H and O–H groups in total. The van der Waals surface area contributed by atoms with E-state index >= 15 is 0 Å². The summed E-state index contributed by atoms with van der Waals surface area (Å²) in [6, 6.07) is 10.7. The third-order valence-corrected chi connectivity index (χ3v) is 2.96. The molecular formula is C14H14ClN3O2. The lowest BCUT2D eigenvalue weighted by Crippen LogP contribution is -2.42. The number of carbonyl (C=O) groups is 1. The molecule has 0 saturated heterocycles. The first kappa shape index (κ1) is 14.4. The summed E-state index contributed by atoms with van der Waals surface area (Å²) in [6.45, 7) is 1.46. The van der Waals surface area contributed by atoms with E-state index in [4.69, 9.17) is 11.6 Å². The van der Waals surface area contributed by atoms with Gasteiger partial charge >= 0.3 is 0 Å². The summed E-state index contributed by atoms with van der Waals surface area (Å²) in [5, 5.41) is 13.0. The van der Waals surface area contributed by atoms with Crippen molar-refractivity contribution in [3.05, 3.63) is 53.4 Å². The summed E-state index contributed by atoms with van der Waals surface area (Å²) in [6.07, 6.45) is 1.45. The van der Waals surface area contributed by atoms with Crippen LogP contribution in [0.3, 0.4) is 0 Å². The first-order valence-corrected chi connectivity index (χ1v) is 6.40. The Labute approximate surface area is 121 Å². The normalized spacial score (nSPS) is 13.6. The van der Waals surface area contributed by atoms with Crippen LogP contribution in [0.1, 0.15) is 12.5 Å². The number of nitrogens with one attached hydrogen (secondary N) is 1. The Kier molecular flexibility index (Phi) is 4.32. The van der Waals surface area contributed by atoms with Crippen molar-refractivity contribution in [3.8, 4) is 0 Å². The maximum atomic E-state index is 12.1. The molecule has 2 rings (SSSR count). The van der Waals surface area contributed by atoms with E-state index in [-0.39, 0.29) is 17.4 Å². The Hall–Kier alpha value is -1.98. The molecule has 1 aromatic heterocycles. The molecule has 1 amide bonds. The van der Waals surface area contributed by atoms with Crippen molar-refractivity contribution in [2.45, 2.75) is 18.9 Å². The Morgan fingerprint density at radius 1 is 1.35 bits per heavy atom. The van der Waals surface area contributed by atoms with E-state index in [1.807, 2.05) is 30.3 Å². The van der Waals surface area contributed by atoms with Gasteiger partial charge in [-0.2, -0.15) is 0 Å². The molecule has 6 heteroatoms. The van der Waals surface area contributed by atoms with Crippen LogP contribution >= 0.6 is 11.6 Å². The van der Waals surface area contributed by atoms with Crippen LogP contribution in [0.2, 0.25) is 5.15 Å². The van der Waals surface area contributed by atoms with E-state index in [0.717, 1.165) is 5.56 Å². The van der Waals surface area contributed by atoms with E-state index in [9.17, 15) is 9.90 Å². The van der Waals surface area contributed by atoms with Crippen LogP contribution in [-0.4, -0.2) is 26.6 Å². The first-order valence-electron chi connectivity index (χ1n) is 6.03. The van der Waals surface area contributed by atoms with Gasteiger partial charge in [0.05, 0.1) is 0 Å². The lowest BCUT2D eigenvalue weighted by Gasteiger charge is -2.22. The Balaban J connectivity index is 2.07. The van der Waals surface area contributed by atoms with Crippen molar-refractivity contribution in [1.29, 1.82) is 0 Å². The Bertz CT molecular complexity index is 602. The van der Waals surface area contributed by atoms with Crippen molar-refractivity contribution in [2.75, 3.05) is 5.32 Å². The quantitative estimate of drug-likeness (QED) is 0.846. The van der Waals surface area contributed by atoms with Gasteiger partial charge in [0.15, 0.2) is 0 Å². The van der Waals surface area contributed by atoms with Gasteiger partial charge in [0, 0.05) is 12.5 Å². The van der Waals surface area contributed by atoms with Crippen LogP contribution in [0, 0.1) is 0 Å². The summed E-state index contributed by atoms with van der Waals surface area (Å²) in [4.78, 5) is 19.7.